The van der Waals surface area contributed by atoms with Crippen LogP contribution in [0.15, 0.2) is 78.9 Å². The zero-order valence-corrected chi connectivity index (χ0v) is 18.5. The molecule has 0 unspecified atom stereocenters. The molecule has 0 N–H and O–H groups in total. The highest BCUT2D eigenvalue weighted by atomic mass is 35.5. The first-order valence-electron chi connectivity index (χ1n) is 10.4. The Labute approximate surface area is 190 Å². The topological polar surface area (TPSA) is 36.4 Å². The SMILES string of the molecule is O=C(c1nc2ccccc2s1)N1CCN([C@@H](c2ccccc2)c2ccc(Cl)cc2)CC1. The number of nitrogens with zero attached hydrogens (tertiary/aromatic N) is 3. The molecular weight excluding hydrogens is 426 g/mol. The first kappa shape index (κ1) is 20.2. The molecule has 156 valence electrons. The Kier molecular flexibility index (Phi) is 5.72. The fourth-order valence-electron chi connectivity index (χ4n) is 4.18. The third-order valence-corrected chi connectivity index (χ3v) is 7.02. The van der Waals surface area contributed by atoms with Crippen LogP contribution >= 0.6 is 22.9 Å². The first-order valence-corrected chi connectivity index (χ1v) is 11.6. The molecule has 0 radical (unpaired) electrons. The number of halogens is 1. The molecule has 1 aliphatic rings. The van der Waals surface area contributed by atoms with Crippen molar-refractivity contribution >= 4 is 39.1 Å². The van der Waals surface area contributed by atoms with Gasteiger partial charge in [0.15, 0.2) is 5.01 Å². The van der Waals surface area contributed by atoms with Crippen molar-refractivity contribution in [3.05, 3.63) is 100 Å². The lowest BCUT2D eigenvalue weighted by Crippen LogP contribution is -2.49. The molecule has 4 aromatic rings. The van der Waals surface area contributed by atoms with Crippen LogP contribution in [0.1, 0.15) is 27.0 Å². The average Bonchev–Trinajstić information content (AvgIpc) is 3.26. The minimum atomic E-state index is 0.0311. The van der Waals surface area contributed by atoms with Crippen LogP contribution in [0.5, 0.6) is 0 Å². The molecule has 1 aromatic heterocycles. The second-order valence-electron chi connectivity index (χ2n) is 7.68. The number of rotatable bonds is 4. The molecule has 4 nitrogen and oxygen atoms in total. The molecule has 0 saturated carbocycles. The average molecular weight is 448 g/mol. The number of hydrogen-bond acceptors (Lipinski definition) is 4. The largest absolute Gasteiger partial charge is 0.334 e. The van der Waals surface area contributed by atoms with Gasteiger partial charge in [0.1, 0.15) is 0 Å². The lowest BCUT2D eigenvalue weighted by Gasteiger charge is -2.39. The van der Waals surface area contributed by atoms with Crippen LogP contribution in [0, 0.1) is 0 Å². The van der Waals surface area contributed by atoms with Crippen molar-refractivity contribution < 1.29 is 4.79 Å². The standard InChI is InChI=1S/C25H22ClN3OS/c26-20-12-10-19(11-13-20)23(18-6-2-1-3-7-18)28-14-16-29(17-15-28)25(30)24-27-21-8-4-5-9-22(21)31-24/h1-13,23H,14-17H2/t23-/m0/s1. The summed E-state index contributed by atoms with van der Waals surface area (Å²) in [5.74, 6) is 0.0311. The van der Waals surface area contributed by atoms with Crippen LogP contribution in [0.3, 0.4) is 0 Å². The molecule has 3 aromatic carbocycles. The van der Waals surface area contributed by atoms with E-state index in [2.05, 4.69) is 46.3 Å². The lowest BCUT2D eigenvalue weighted by molar-refractivity contribution is 0.0597. The maximum atomic E-state index is 13.1. The molecule has 5 rings (SSSR count). The van der Waals surface area contributed by atoms with Crippen molar-refractivity contribution in [1.82, 2.24) is 14.8 Å². The summed E-state index contributed by atoms with van der Waals surface area (Å²) >= 11 is 7.60. The number of amides is 1. The highest BCUT2D eigenvalue weighted by Crippen LogP contribution is 2.31. The van der Waals surface area contributed by atoms with E-state index < -0.39 is 0 Å². The molecule has 0 spiro atoms. The smallest absolute Gasteiger partial charge is 0.282 e. The molecule has 1 fully saturated rings. The number of carbonyl (C=O) groups is 1. The van der Waals surface area contributed by atoms with Gasteiger partial charge >= 0.3 is 0 Å². The van der Waals surface area contributed by atoms with Crippen molar-refractivity contribution in [2.75, 3.05) is 26.2 Å². The molecule has 6 heteroatoms. The number of piperazine rings is 1. The molecule has 1 saturated heterocycles. The highest BCUT2D eigenvalue weighted by Gasteiger charge is 2.29. The van der Waals surface area contributed by atoms with Crippen LogP contribution in [0.4, 0.5) is 0 Å². The second-order valence-corrected chi connectivity index (χ2v) is 9.15. The number of para-hydroxylation sites is 1. The number of thiazole rings is 1. The molecule has 31 heavy (non-hydrogen) atoms. The number of benzene rings is 3. The molecular formula is C25H22ClN3OS. The lowest BCUT2D eigenvalue weighted by atomic mass is 9.96. The van der Waals surface area contributed by atoms with E-state index in [0.717, 1.165) is 28.3 Å². The Hall–Kier alpha value is -2.73. The third kappa shape index (κ3) is 4.22. The second kappa shape index (κ2) is 8.79. The van der Waals surface area contributed by atoms with Crippen molar-refractivity contribution in [1.29, 1.82) is 0 Å². The van der Waals surface area contributed by atoms with Crippen LogP contribution in [-0.2, 0) is 0 Å². The third-order valence-electron chi connectivity index (χ3n) is 5.74. The summed E-state index contributed by atoms with van der Waals surface area (Å²) < 4.78 is 1.05. The summed E-state index contributed by atoms with van der Waals surface area (Å²) in [6.45, 7) is 2.98. The van der Waals surface area contributed by atoms with Crippen LogP contribution in [-0.4, -0.2) is 46.9 Å². The minimum absolute atomic E-state index is 0.0311. The van der Waals surface area contributed by atoms with Gasteiger partial charge in [-0.1, -0.05) is 66.2 Å². The quantitative estimate of drug-likeness (QED) is 0.414. The zero-order valence-electron chi connectivity index (χ0n) is 16.9. The van der Waals surface area contributed by atoms with Crippen molar-refractivity contribution in [3.8, 4) is 0 Å². The van der Waals surface area contributed by atoms with Crippen LogP contribution in [0.25, 0.3) is 10.2 Å². The van der Waals surface area contributed by atoms with Gasteiger partial charge in [0.05, 0.1) is 16.3 Å². The maximum Gasteiger partial charge on any atom is 0.282 e. The van der Waals surface area contributed by atoms with E-state index in [-0.39, 0.29) is 11.9 Å². The number of carbonyl (C=O) groups excluding carboxylic acids is 1. The fourth-order valence-corrected chi connectivity index (χ4v) is 5.24. The molecule has 1 aliphatic heterocycles. The highest BCUT2D eigenvalue weighted by molar-refractivity contribution is 7.20. The Morgan fingerprint density at radius 1 is 0.839 bits per heavy atom. The van der Waals surface area contributed by atoms with E-state index in [4.69, 9.17) is 11.6 Å². The predicted molar refractivity (Wildman–Crippen MR) is 127 cm³/mol. The fraction of sp³-hybridized carbons (Fsp3) is 0.200. The van der Waals surface area contributed by atoms with Gasteiger partial charge in [-0.2, -0.15) is 0 Å². The van der Waals surface area contributed by atoms with E-state index >= 15 is 0 Å². The predicted octanol–water partition coefficient (Wildman–Crippen LogP) is 5.50. The Balaban J connectivity index is 1.34. The Bertz CT molecular complexity index is 1150. The van der Waals surface area contributed by atoms with E-state index in [1.54, 1.807) is 0 Å². The van der Waals surface area contributed by atoms with Crippen molar-refractivity contribution in [3.63, 3.8) is 0 Å². The monoisotopic (exact) mass is 447 g/mol. The Morgan fingerprint density at radius 2 is 1.48 bits per heavy atom. The number of fused-ring (bicyclic) bond motifs is 1. The zero-order chi connectivity index (χ0) is 21.2. The first-order chi connectivity index (χ1) is 15.2. The summed E-state index contributed by atoms with van der Waals surface area (Å²) in [5, 5.41) is 1.31. The van der Waals surface area contributed by atoms with Crippen molar-refractivity contribution in [2.45, 2.75) is 6.04 Å². The van der Waals surface area contributed by atoms with Gasteiger partial charge < -0.3 is 4.90 Å². The summed E-state index contributed by atoms with van der Waals surface area (Å²) in [5.41, 5.74) is 3.35. The Morgan fingerprint density at radius 3 is 2.19 bits per heavy atom. The minimum Gasteiger partial charge on any atom is -0.334 e. The molecule has 0 bridgehead atoms. The van der Waals surface area contributed by atoms with Crippen molar-refractivity contribution in [2.24, 2.45) is 0 Å². The van der Waals surface area contributed by atoms with Gasteiger partial charge in [-0.05, 0) is 35.4 Å². The van der Waals surface area contributed by atoms with Gasteiger partial charge in [-0.15, -0.1) is 11.3 Å². The summed E-state index contributed by atoms with van der Waals surface area (Å²) in [6.07, 6.45) is 0. The maximum absolute atomic E-state index is 13.1. The molecule has 2 heterocycles. The summed E-state index contributed by atoms with van der Waals surface area (Å²) in [6, 6.07) is 26.6. The van der Waals surface area contributed by atoms with Gasteiger partial charge in [0.2, 0.25) is 0 Å². The molecule has 0 aliphatic carbocycles. The van der Waals surface area contributed by atoms with Gasteiger partial charge in [-0.3, -0.25) is 9.69 Å². The normalized spacial score (nSPS) is 15.8. The van der Waals surface area contributed by atoms with Gasteiger partial charge in [-0.25, -0.2) is 4.98 Å². The number of aromatic nitrogens is 1. The summed E-state index contributed by atoms with van der Waals surface area (Å²) in [4.78, 5) is 22.0. The van der Waals surface area contributed by atoms with E-state index in [0.29, 0.717) is 18.1 Å². The van der Waals surface area contributed by atoms with Crippen LogP contribution in [0.2, 0.25) is 5.02 Å². The van der Waals surface area contributed by atoms with Gasteiger partial charge in [0, 0.05) is 31.2 Å². The molecule has 1 atom stereocenters. The summed E-state index contributed by atoms with van der Waals surface area (Å²) in [7, 11) is 0. The van der Waals surface area contributed by atoms with Gasteiger partial charge in [0.25, 0.3) is 5.91 Å². The molecule has 1 amide bonds. The van der Waals surface area contributed by atoms with E-state index in [1.165, 1.54) is 22.5 Å². The van der Waals surface area contributed by atoms with Crippen LogP contribution < -0.4 is 0 Å². The van der Waals surface area contributed by atoms with E-state index in [9.17, 15) is 4.79 Å². The van der Waals surface area contributed by atoms with E-state index in [1.807, 2.05) is 47.4 Å². The number of hydrogen-bond donors (Lipinski definition) is 0.